The maximum Gasteiger partial charge on any atom is 0.191 e. The van der Waals surface area contributed by atoms with E-state index in [1.165, 1.54) is 16.8 Å². The van der Waals surface area contributed by atoms with Gasteiger partial charge in [-0.05, 0) is 24.1 Å². The fourth-order valence-electron chi connectivity index (χ4n) is 2.43. The number of aromatic nitrogens is 4. The summed E-state index contributed by atoms with van der Waals surface area (Å²) < 4.78 is 1.74. The Morgan fingerprint density at radius 1 is 1.23 bits per heavy atom. The van der Waals surface area contributed by atoms with Gasteiger partial charge in [-0.15, -0.1) is 11.3 Å². The van der Waals surface area contributed by atoms with E-state index in [0.717, 1.165) is 36.0 Å². The van der Waals surface area contributed by atoms with Crippen molar-refractivity contribution >= 4 is 17.3 Å². The Balaban J connectivity index is 1.45. The number of hydrogen-bond donors (Lipinski definition) is 2. The Hall–Kier alpha value is -2.74. The first-order chi connectivity index (χ1) is 12.8. The lowest BCUT2D eigenvalue weighted by atomic mass is 10.2. The van der Waals surface area contributed by atoms with Crippen LogP contribution in [-0.4, -0.2) is 39.3 Å². The molecule has 7 nitrogen and oxygen atoms in total. The highest BCUT2D eigenvalue weighted by Crippen LogP contribution is 2.13. The Morgan fingerprint density at radius 3 is 2.73 bits per heavy atom. The van der Waals surface area contributed by atoms with Crippen molar-refractivity contribution in [1.29, 1.82) is 0 Å². The average molecular weight is 369 g/mol. The molecule has 0 spiro atoms. The highest BCUT2D eigenvalue weighted by atomic mass is 32.1. The third-order valence-corrected chi connectivity index (χ3v) is 5.09. The van der Waals surface area contributed by atoms with Gasteiger partial charge in [0.1, 0.15) is 12.7 Å². The second-order valence-electron chi connectivity index (χ2n) is 5.68. The average Bonchev–Trinajstić information content (AvgIpc) is 3.37. The van der Waals surface area contributed by atoms with Gasteiger partial charge in [0.2, 0.25) is 0 Å². The summed E-state index contributed by atoms with van der Waals surface area (Å²) in [5, 5.41) is 11.9. The van der Waals surface area contributed by atoms with Crippen molar-refractivity contribution in [2.45, 2.75) is 26.3 Å². The van der Waals surface area contributed by atoms with Crippen LogP contribution in [0.1, 0.15) is 22.4 Å². The largest absolute Gasteiger partial charge is 0.356 e. The molecule has 26 heavy (non-hydrogen) atoms. The number of nitrogens with one attached hydrogen (secondary N) is 2. The van der Waals surface area contributed by atoms with Gasteiger partial charge < -0.3 is 10.6 Å². The summed E-state index contributed by atoms with van der Waals surface area (Å²) in [6.07, 6.45) is 7.13. The molecule has 2 N–H and O–H groups in total. The second kappa shape index (κ2) is 9.10. The van der Waals surface area contributed by atoms with Crippen LogP contribution in [0.25, 0.3) is 5.69 Å². The third-order valence-electron chi connectivity index (χ3n) is 3.88. The van der Waals surface area contributed by atoms with E-state index in [4.69, 9.17) is 0 Å². The molecule has 0 fully saturated rings. The molecular weight excluding hydrogens is 346 g/mol. The van der Waals surface area contributed by atoms with E-state index in [-0.39, 0.29) is 0 Å². The molecular formula is C18H23N7S. The van der Waals surface area contributed by atoms with Crippen LogP contribution in [0.3, 0.4) is 0 Å². The van der Waals surface area contributed by atoms with Crippen molar-refractivity contribution in [3.63, 3.8) is 0 Å². The third kappa shape index (κ3) is 4.89. The SMILES string of the molecule is CCc1cnc(CCNC(=NC)NCc2ccc(-n3cncn3)cc2)s1. The van der Waals surface area contributed by atoms with Crippen LogP contribution in [0.4, 0.5) is 0 Å². The van der Waals surface area contributed by atoms with Gasteiger partial charge in [0.15, 0.2) is 5.96 Å². The van der Waals surface area contributed by atoms with Crippen molar-refractivity contribution in [2.75, 3.05) is 13.6 Å². The normalized spacial score (nSPS) is 11.5. The monoisotopic (exact) mass is 369 g/mol. The number of thiazole rings is 1. The van der Waals surface area contributed by atoms with Gasteiger partial charge in [-0.1, -0.05) is 19.1 Å². The molecule has 2 aromatic heterocycles. The lowest BCUT2D eigenvalue weighted by Gasteiger charge is -2.11. The molecule has 8 heteroatoms. The van der Waals surface area contributed by atoms with Crippen LogP contribution in [0, 0.1) is 0 Å². The van der Waals surface area contributed by atoms with Crippen molar-refractivity contribution in [3.8, 4) is 5.69 Å². The van der Waals surface area contributed by atoms with E-state index in [9.17, 15) is 0 Å². The minimum atomic E-state index is 0.703. The first kappa shape index (κ1) is 18.1. The molecule has 1 aromatic carbocycles. The van der Waals surface area contributed by atoms with E-state index in [0.29, 0.717) is 6.54 Å². The molecule has 0 aliphatic heterocycles. The van der Waals surface area contributed by atoms with Gasteiger partial charge in [0.05, 0.1) is 10.7 Å². The van der Waals surface area contributed by atoms with Crippen molar-refractivity contribution in [3.05, 3.63) is 58.6 Å². The smallest absolute Gasteiger partial charge is 0.191 e. The maximum absolute atomic E-state index is 4.44. The number of aliphatic imine (C=N–C) groups is 1. The summed E-state index contributed by atoms with van der Waals surface area (Å²) in [5.41, 5.74) is 2.16. The maximum atomic E-state index is 4.44. The van der Waals surface area contributed by atoms with Gasteiger partial charge in [-0.25, -0.2) is 14.6 Å². The Labute approximate surface area is 157 Å². The number of aryl methyl sites for hydroxylation is 1. The summed E-state index contributed by atoms with van der Waals surface area (Å²) in [6, 6.07) is 8.18. The van der Waals surface area contributed by atoms with Crippen LogP contribution < -0.4 is 10.6 Å². The highest BCUT2D eigenvalue weighted by molar-refractivity contribution is 7.11. The molecule has 0 radical (unpaired) electrons. The zero-order valence-electron chi connectivity index (χ0n) is 15.0. The molecule has 0 amide bonds. The molecule has 0 bridgehead atoms. The van der Waals surface area contributed by atoms with Gasteiger partial charge in [0.25, 0.3) is 0 Å². The molecule has 3 aromatic rings. The molecule has 136 valence electrons. The minimum absolute atomic E-state index is 0.703. The van der Waals surface area contributed by atoms with Gasteiger partial charge in [-0.3, -0.25) is 4.99 Å². The minimum Gasteiger partial charge on any atom is -0.356 e. The van der Waals surface area contributed by atoms with Crippen LogP contribution in [0.15, 0.2) is 48.1 Å². The first-order valence-corrected chi connectivity index (χ1v) is 9.42. The van der Waals surface area contributed by atoms with E-state index in [1.54, 1.807) is 29.4 Å². The number of guanidine groups is 1. The van der Waals surface area contributed by atoms with E-state index in [2.05, 4.69) is 49.7 Å². The topological polar surface area (TPSA) is 80.0 Å². The van der Waals surface area contributed by atoms with E-state index < -0.39 is 0 Å². The van der Waals surface area contributed by atoms with Crippen molar-refractivity contribution < 1.29 is 0 Å². The quantitative estimate of drug-likeness (QED) is 0.493. The standard InChI is InChI=1S/C18H23N7S/c1-3-16-11-22-17(26-16)8-9-21-18(19-2)23-10-14-4-6-15(7-5-14)25-13-20-12-24-25/h4-7,11-13H,3,8-10H2,1-2H3,(H2,19,21,23). The van der Waals surface area contributed by atoms with Crippen LogP contribution in [0.5, 0.6) is 0 Å². The predicted octanol–water partition coefficient (Wildman–Crippen LogP) is 2.19. The van der Waals surface area contributed by atoms with Crippen molar-refractivity contribution in [2.24, 2.45) is 4.99 Å². The summed E-state index contributed by atoms with van der Waals surface area (Å²) in [7, 11) is 1.78. The molecule has 3 rings (SSSR count). The lowest BCUT2D eigenvalue weighted by Crippen LogP contribution is -2.37. The summed E-state index contributed by atoms with van der Waals surface area (Å²) in [6.45, 7) is 3.66. The fraction of sp³-hybridized carbons (Fsp3) is 0.333. The van der Waals surface area contributed by atoms with Crippen LogP contribution >= 0.6 is 11.3 Å². The summed E-state index contributed by atoms with van der Waals surface area (Å²) >= 11 is 1.78. The Morgan fingerprint density at radius 2 is 2.08 bits per heavy atom. The van der Waals surface area contributed by atoms with Crippen LogP contribution in [-0.2, 0) is 19.4 Å². The highest BCUT2D eigenvalue weighted by Gasteiger charge is 2.03. The number of benzene rings is 1. The van der Waals surface area contributed by atoms with Crippen molar-refractivity contribution in [1.82, 2.24) is 30.4 Å². The van der Waals surface area contributed by atoms with Crippen LogP contribution in [0.2, 0.25) is 0 Å². The molecule has 0 aliphatic carbocycles. The number of nitrogens with zero attached hydrogens (tertiary/aromatic N) is 5. The fourth-order valence-corrected chi connectivity index (χ4v) is 3.29. The molecule has 0 aliphatic rings. The number of hydrogen-bond acceptors (Lipinski definition) is 5. The lowest BCUT2D eigenvalue weighted by molar-refractivity contribution is 0.791. The molecule has 2 heterocycles. The molecule has 0 saturated heterocycles. The van der Waals surface area contributed by atoms with Gasteiger partial charge >= 0.3 is 0 Å². The zero-order valence-corrected chi connectivity index (χ0v) is 15.8. The van der Waals surface area contributed by atoms with E-state index in [1.807, 2.05) is 18.3 Å². The first-order valence-electron chi connectivity index (χ1n) is 8.60. The molecule has 0 unspecified atom stereocenters. The second-order valence-corrected chi connectivity index (χ2v) is 6.88. The van der Waals surface area contributed by atoms with Gasteiger partial charge in [-0.2, -0.15) is 5.10 Å². The predicted molar refractivity (Wildman–Crippen MR) is 105 cm³/mol. The summed E-state index contributed by atoms with van der Waals surface area (Å²) in [4.78, 5) is 14.0. The summed E-state index contributed by atoms with van der Waals surface area (Å²) in [5.74, 6) is 0.789. The molecule has 0 saturated carbocycles. The molecule has 0 atom stereocenters. The van der Waals surface area contributed by atoms with Gasteiger partial charge in [0, 0.05) is 37.6 Å². The Bertz CT molecular complexity index is 822. The zero-order chi connectivity index (χ0) is 18.2. The Kier molecular flexibility index (Phi) is 6.32. The van der Waals surface area contributed by atoms with E-state index >= 15 is 0 Å². The number of rotatable bonds is 7.